The Labute approximate surface area is 185 Å². The first-order chi connectivity index (χ1) is 14.2. The van der Waals surface area contributed by atoms with Crippen LogP contribution in [-0.4, -0.2) is 65.3 Å². The summed E-state index contributed by atoms with van der Waals surface area (Å²) < 4.78 is 1.96. The molecule has 0 radical (unpaired) electrons. The summed E-state index contributed by atoms with van der Waals surface area (Å²) in [4.78, 5) is 21.1. The minimum Gasteiger partial charge on any atom is -0.371 e. The van der Waals surface area contributed by atoms with Crippen LogP contribution in [0.1, 0.15) is 48.6 Å². The van der Waals surface area contributed by atoms with Gasteiger partial charge in [-0.15, -0.1) is 12.4 Å². The number of carbonyl (C=O) groups excluding carboxylic acids is 1. The predicted molar refractivity (Wildman–Crippen MR) is 121 cm³/mol. The molecule has 30 heavy (non-hydrogen) atoms. The quantitative estimate of drug-likeness (QED) is 0.760. The third-order valence-corrected chi connectivity index (χ3v) is 6.33. The highest BCUT2D eigenvalue weighted by Crippen LogP contribution is 2.25. The highest BCUT2D eigenvalue weighted by atomic mass is 35.5. The Kier molecular flexibility index (Phi) is 8.10. The molecule has 2 fully saturated rings. The summed E-state index contributed by atoms with van der Waals surface area (Å²) in [5, 5.41) is 7.97. The second-order valence-electron chi connectivity index (χ2n) is 8.33. The van der Waals surface area contributed by atoms with E-state index in [9.17, 15) is 4.79 Å². The van der Waals surface area contributed by atoms with Gasteiger partial charge in [0.25, 0.3) is 5.91 Å². The fraction of sp³-hybridized carbons (Fsp3) is 0.591. The van der Waals surface area contributed by atoms with Crippen molar-refractivity contribution in [2.45, 2.75) is 38.1 Å². The molecule has 2 aliphatic heterocycles. The number of aromatic nitrogens is 3. The molecule has 1 unspecified atom stereocenters. The molecule has 0 spiro atoms. The molecule has 0 aromatic carbocycles. The van der Waals surface area contributed by atoms with E-state index in [4.69, 9.17) is 0 Å². The van der Waals surface area contributed by atoms with Gasteiger partial charge in [0.05, 0.1) is 6.04 Å². The molecule has 2 saturated heterocycles. The molecular weight excluding hydrogens is 400 g/mol. The molecule has 1 N–H and O–H groups in total. The van der Waals surface area contributed by atoms with Gasteiger partial charge in [-0.3, -0.25) is 14.5 Å². The van der Waals surface area contributed by atoms with Crippen molar-refractivity contribution in [1.82, 2.24) is 25.0 Å². The average Bonchev–Trinajstić information content (AvgIpc) is 3.29. The summed E-state index contributed by atoms with van der Waals surface area (Å²) in [6, 6.07) is 6.38. The molecule has 1 atom stereocenters. The molecule has 2 aromatic heterocycles. The maximum Gasteiger partial charge on any atom is 0.274 e. The van der Waals surface area contributed by atoms with Crippen molar-refractivity contribution in [3.8, 4) is 0 Å². The van der Waals surface area contributed by atoms with Gasteiger partial charge in [-0.2, -0.15) is 5.10 Å². The molecule has 8 heteroatoms. The maximum atomic E-state index is 12.8. The third kappa shape index (κ3) is 5.52. The summed E-state index contributed by atoms with van der Waals surface area (Å²) in [6.45, 7) is 4.95. The summed E-state index contributed by atoms with van der Waals surface area (Å²) in [5.74, 6) is 0.705. The van der Waals surface area contributed by atoms with Crippen LogP contribution in [0.4, 0.5) is 5.69 Å². The maximum absolute atomic E-state index is 12.8. The lowest BCUT2D eigenvalue weighted by molar-refractivity contribution is 0.0777. The molecule has 0 saturated carbocycles. The largest absolute Gasteiger partial charge is 0.371 e. The van der Waals surface area contributed by atoms with Crippen molar-refractivity contribution in [3.63, 3.8) is 0 Å². The molecule has 1 amide bonds. The minimum absolute atomic E-state index is 0. The van der Waals surface area contributed by atoms with Crippen LogP contribution in [0.2, 0.25) is 0 Å². The Balaban J connectivity index is 0.00000256. The first kappa shape index (κ1) is 22.6. The number of nitrogens with zero attached hydrogens (tertiary/aromatic N) is 5. The predicted octanol–water partition coefficient (Wildman–Crippen LogP) is 3.00. The van der Waals surface area contributed by atoms with Crippen LogP contribution in [0.5, 0.6) is 0 Å². The van der Waals surface area contributed by atoms with E-state index in [1.54, 1.807) is 0 Å². The van der Waals surface area contributed by atoms with Crippen molar-refractivity contribution in [2.24, 2.45) is 5.92 Å². The van der Waals surface area contributed by atoms with E-state index in [1.165, 1.54) is 18.5 Å². The van der Waals surface area contributed by atoms with E-state index < -0.39 is 0 Å². The Bertz CT molecular complexity index is 784. The summed E-state index contributed by atoms with van der Waals surface area (Å²) in [5.41, 5.74) is 1.82. The number of hydrogen-bond donors (Lipinski definition) is 1. The van der Waals surface area contributed by atoms with Crippen molar-refractivity contribution in [2.75, 3.05) is 44.7 Å². The first-order valence-corrected chi connectivity index (χ1v) is 10.9. The number of rotatable bonds is 6. The van der Waals surface area contributed by atoms with Gasteiger partial charge in [0.2, 0.25) is 0 Å². The van der Waals surface area contributed by atoms with E-state index >= 15 is 0 Å². The van der Waals surface area contributed by atoms with E-state index in [1.807, 2.05) is 41.3 Å². The normalized spacial score (nSPS) is 19.9. The van der Waals surface area contributed by atoms with Gasteiger partial charge in [-0.1, -0.05) is 0 Å². The smallest absolute Gasteiger partial charge is 0.274 e. The van der Waals surface area contributed by atoms with Crippen molar-refractivity contribution in [3.05, 3.63) is 42.5 Å². The van der Waals surface area contributed by atoms with Crippen LogP contribution in [0.3, 0.4) is 0 Å². The van der Waals surface area contributed by atoms with Crippen LogP contribution in [0.25, 0.3) is 0 Å². The highest BCUT2D eigenvalue weighted by Gasteiger charge is 2.22. The van der Waals surface area contributed by atoms with Gasteiger partial charge >= 0.3 is 0 Å². The van der Waals surface area contributed by atoms with Gasteiger partial charge in [0, 0.05) is 57.5 Å². The van der Waals surface area contributed by atoms with Gasteiger partial charge < -0.3 is 15.1 Å². The molecular formula is C22H33ClN6O. The van der Waals surface area contributed by atoms with Gasteiger partial charge in [0.15, 0.2) is 0 Å². The second-order valence-corrected chi connectivity index (χ2v) is 8.33. The number of carbonyl (C=O) groups is 1. The second kappa shape index (κ2) is 10.8. The van der Waals surface area contributed by atoms with Crippen LogP contribution in [0, 0.1) is 5.92 Å². The van der Waals surface area contributed by atoms with E-state index in [0.717, 1.165) is 52.0 Å². The molecule has 0 bridgehead atoms. The highest BCUT2D eigenvalue weighted by molar-refractivity contribution is 5.92. The topological polar surface area (TPSA) is 66.3 Å². The van der Waals surface area contributed by atoms with Gasteiger partial charge in [-0.05, 0) is 62.8 Å². The fourth-order valence-corrected chi connectivity index (χ4v) is 4.42. The number of halogens is 1. The van der Waals surface area contributed by atoms with Gasteiger partial charge in [0.1, 0.15) is 5.69 Å². The van der Waals surface area contributed by atoms with Crippen molar-refractivity contribution in [1.29, 1.82) is 0 Å². The molecule has 7 nitrogen and oxygen atoms in total. The molecule has 0 aliphatic carbocycles. The average molecular weight is 433 g/mol. The summed E-state index contributed by atoms with van der Waals surface area (Å²) in [6.07, 6.45) is 11.3. The zero-order valence-corrected chi connectivity index (χ0v) is 18.6. The van der Waals surface area contributed by atoms with Crippen LogP contribution in [-0.2, 0) is 0 Å². The van der Waals surface area contributed by atoms with Crippen LogP contribution < -0.4 is 10.2 Å². The lowest BCUT2D eigenvalue weighted by Crippen LogP contribution is -2.36. The fourth-order valence-electron chi connectivity index (χ4n) is 4.42. The van der Waals surface area contributed by atoms with E-state index in [0.29, 0.717) is 17.7 Å². The summed E-state index contributed by atoms with van der Waals surface area (Å²) in [7, 11) is 1.90. The van der Waals surface area contributed by atoms with Crippen molar-refractivity contribution >= 4 is 24.0 Å². The number of amides is 1. The zero-order valence-electron chi connectivity index (χ0n) is 17.7. The number of nitrogens with one attached hydrogen (secondary N) is 1. The number of anilines is 1. The van der Waals surface area contributed by atoms with Crippen molar-refractivity contribution < 1.29 is 4.79 Å². The lowest BCUT2D eigenvalue weighted by Gasteiger charge is -2.34. The van der Waals surface area contributed by atoms with E-state index in [2.05, 4.69) is 32.4 Å². The minimum atomic E-state index is 0. The summed E-state index contributed by atoms with van der Waals surface area (Å²) >= 11 is 0. The van der Waals surface area contributed by atoms with Gasteiger partial charge in [-0.25, -0.2) is 0 Å². The Morgan fingerprint density at radius 3 is 2.67 bits per heavy atom. The van der Waals surface area contributed by atoms with E-state index in [-0.39, 0.29) is 18.3 Å². The zero-order chi connectivity index (χ0) is 20.1. The number of piperidine rings is 2. The Morgan fingerprint density at radius 2 is 1.97 bits per heavy atom. The third-order valence-electron chi connectivity index (χ3n) is 6.33. The molecule has 2 aromatic rings. The SMILES string of the molecule is CN(CCC1CCN(c2ccncc2)CC1)C(=O)c1ccn(C2CCCNC2)n1.Cl. The molecule has 4 rings (SSSR count). The molecule has 2 aliphatic rings. The lowest BCUT2D eigenvalue weighted by atomic mass is 9.93. The first-order valence-electron chi connectivity index (χ1n) is 10.9. The molecule has 4 heterocycles. The standard InChI is InChI=1S/C22H32N6O.ClH/c1-26(22(29)21-9-16-28(25-21)20-3-2-10-24-17-20)13-6-18-7-14-27(15-8-18)19-4-11-23-12-5-19;/h4-5,9,11-12,16,18,20,24H,2-3,6-8,10,13-15,17H2,1H3;1H. The van der Waals surface area contributed by atoms with Crippen LogP contribution >= 0.6 is 12.4 Å². The molecule has 164 valence electrons. The Hall–Kier alpha value is -2.12. The Morgan fingerprint density at radius 1 is 1.20 bits per heavy atom. The monoisotopic (exact) mass is 432 g/mol. The number of hydrogen-bond acceptors (Lipinski definition) is 5. The van der Waals surface area contributed by atoms with Crippen LogP contribution in [0.15, 0.2) is 36.8 Å². The number of pyridine rings is 1.